The molecule has 0 unspecified atom stereocenters. The van der Waals surface area contributed by atoms with Crippen LogP contribution in [-0.2, 0) is 4.79 Å². The molecule has 0 saturated heterocycles. The van der Waals surface area contributed by atoms with Gasteiger partial charge in [0.1, 0.15) is 0 Å². The van der Waals surface area contributed by atoms with Gasteiger partial charge in [0.2, 0.25) is 5.91 Å². The van der Waals surface area contributed by atoms with Gasteiger partial charge in [-0.05, 0) is 13.0 Å². The molecule has 0 aliphatic carbocycles. The summed E-state index contributed by atoms with van der Waals surface area (Å²) < 4.78 is 0.848. The summed E-state index contributed by atoms with van der Waals surface area (Å²) in [6.07, 6.45) is 4.71. The molecular formula is C6H8BrNO. The van der Waals surface area contributed by atoms with Crippen molar-refractivity contribution in [2.24, 2.45) is 5.73 Å². The first-order chi connectivity index (χ1) is 4.16. The average molecular weight is 190 g/mol. The van der Waals surface area contributed by atoms with E-state index in [0.29, 0.717) is 0 Å². The molecule has 0 aromatic carbocycles. The molecule has 0 aliphatic heterocycles. The van der Waals surface area contributed by atoms with E-state index in [0.717, 1.165) is 4.48 Å². The number of carbonyl (C=O) groups excluding carboxylic acids is 1. The molecule has 0 aromatic rings. The smallest absolute Gasteiger partial charge is 0.241 e. The maximum Gasteiger partial charge on any atom is 0.241 e. The van der Waals surface area contributed by atoms with Crippen LogP contribution in [-0.4, -0.2) is 5.91 Å². The van der Waals surface area contributed by atoms with Crippen LogP contribution in [0.15, 0.2) is 22.7 Å². The van der Waals surface area contributed by atoms with Crippen molar-refractivity contribution in [3.63, 3.8) is 0 Å². The van der Waals surface area contributed by atoms with Crippen molar-refractivity contribution in [2.75, 3.05) is 0 Å². The minimum absolute atomic E-state index is 0.436. The normalized spacial score (nSPS) is 12.4. The fourth-order valence-electron chi connectivity index (χ4n) is 0.258. The highest BCUT2D eigenvalue weighted by Gasteiger charge is 1.82. The van der Waals surface area contributed by atoms with E-state index >= 15 is 0 Å². The lowest BCUT2D eigenvalue weighted by Crippen LogP contribution is -2.05. The van der Waals surface area contributed by atoms with Gasteiger partial charge in [-0.1, -0.05) is 22.0 Å². The third kappa shape index (κ3) is 5.30. The number of nitrogens with two attached hydrogens (primary N) is 1. The average Bonchev–Trinajstić information content (AvgIpc) is 1.83. The second-order valence-corrected chi connectivity index (χ2v) is 2.32. The number of rotatable bonds is 2. The quantitative estimate of drug-likeness (QED) is 0.517. The monoisotopic (exact) mass is 189 g/mol. The van der Waals surface area contributed by atoms with Crippen molar-refractivity contribution in [3.8, 4) is 0 Å². The van der Waals surface area contributed by atoms with Crippen LogP contribution in [0, 0.1) is 0 Å². The first-order valence-corrected chi connectivity index (χ1v) is 3.25. The van der Waals surface area contributed by atoms with Gasteiger partial charge in [0.15, 0.2) is 0 Å². The third-order valence-corrected chi connectivity index (χ3v) is 1.40. The van der Waals surface area contributed by atoms with Crippen LogP contribution >= 0.6 is 15.9 Å². The lowest BCUT2D eigenvalue weighted by Gasteiger charge is -1.81. The summed E-state index contributed by atoms with van der Waals surface area (Å²) in [6, 6.07) is 0. The van der Waals surface area contributed by atoms with Crippen molar-refractivity contribution >= 4 is 21.8 Å². The summed E-state index contributed by atoms with van der Waals surface area (Å²) in [6.45, 7) is 1.86. The summed E-state index contributed by atoms with van der Waals surface area (Å²) in [5.74, 6) is -0.436. The van der Waals surface area contributed by atoms with Crippen LogP contribution in [0.2, 0.25) is 0 Å². The van der Waals surface area contributed by atoms with E-state index in [1.165, 1.54) is 6.08 Å². The Morgan fingerprint density at radius 1 is 1.56 bits per heavy atom. The van der Waals surface area contributed by atoms with Crippen LogP contribution < -0.4 is 5.73 Å². The lowest BCUT2D eigenvalue weighted by molar-refractivity contribution is -0.113. The third-order valence-electron chi connectivity index (χ3n) is 0.683. The van der Waals surface area contributed by atoms with E-state index in [2.05, 4.69) is 15.9 Å². The molecule has 0 fully saturated rings. The van der Waals surface area contributed by atoms with Gasteiger partial charge in [-0.3, -0.25) is 4.79 Å². The molecule has 3 heteroatoms. The minimum atomic E-state index is -0.436. The van der Waals surface area contributed by atoms with Crippen molar-refractivity contribution in [1.82, 2.24) is 0 Å². The topological polar surface area (TPSA) is 43.1 Å². The summed E-state index contributed by atoms with van der Waals surface area (Å²) in [5, 5.41) is 0. The Morgan fingerprint density at radius 2 is 2.11 bits per heavy atom. The Bertz CT molecular complexity index is 160. The second kappa shape index (κ2) is 4.32. The molecule has 0 radical (unpaired) electrons. The van der Waals surface area contributed by atoms with Gasteiger partial charge in [-0.2, -0.15) is 0 Å². The van der Waals surface area contributed by atoms with Crippen LogP contribution in [0.3, 0.4) is 0 Å². The van der Waals surface area contributed by atoms with E-state index in [4.69, 9.17) is 5.73 Å². The Kier molecular flexibility index (Phi) is 4.05. The standard InChI is InChI=1S/C6H8BrNO/c1-2-5(7)3-4-6(8)9/h2-4H,1H3,(H2,8,9)/b4-3+,5-2-. The molecule has 0 saturated carbocycles. The van der Waals surface area contributed by atoms with E-state index in [1.54, 1.807) is 6.08 Å². The summed E-state index contributed by atoms with van der Waals surface area (Å²) >= 11 is 3.17. The number of hydrogen-bond donors (Lipinski definition) is 1. The molecule has 2 nitrogen and oxygen atoms in total. The van der Waals surface area contributed by atoms with Gasteiger partial charge in [-0.15, -0.1) is 0 Å². The summed E-state index contributed by atoms with van der Waals surface area (Å²) in [4.78, 5) is 10.1. The van der Waals surface area contributed by atoms with Gasteiger partial charge in [-0.25, -0.2) is 0 Å². The highest BCUT2D eigenvalue weighted by molar-refractivity contribution is 9.11. The number of primary amides is 1. The molecule has 0 aromatic heterocycles. The van der Waals surface area contributed by atoms with Crippen molar-refractivity contribution in [2.45, 2.75) is 6.92 Å². The van der Waals surface area contributed by atoms with E-state index in [1.807, 2.05) is 13.0 Å². The van der Waals surface area contributed by atoms with Crippen molar-refractivity contribution in [3.05, 3.63) is 22.7 Å². The molecule has 1 amide bonds. The number of amides is 1. The van der Waals surface area contributed by atoms with Crippen molar-refractivity contribution in [1.29, 1.82) is 0 Å². The van der Waals surface area contributed by atoms with Gasteiger partial charge in [0.25, 0.3) is 0 Å². The maximum atomic E-state index is 10.1. The van der Waals surface area contributed by atoms with Crippen LogP contribution in [0.25, 0.3) is 0 Å². The molecule has 50 valence electrons. The number of carbonyl (C=O) groups is 1. The lowest BCUT2D eigenvalue weighted by atomic mass is 10.4. The van der Waals surface area contributed by atoms with Gasteiger partial charge < -0.3 is 5.73 Å². The Labute approximate surface area is 62.6 Å². The number of hydrogen-bond acceptors (Lipinski definition) is 1. The van der Waals surface area contributed by atoms with Crippen molar-refractivity contribution < 1.29 is 4.79 Å². The highest BCUT2D eigenvalue weighted by Crippen LogP contribution is 2.04. The van der Waals surface area contributed by atoms with E-state index < -0.39 is 5.91 Å². The van der Waals surface area contributed by atoms with E-state index in [9.17, 15) is 4.79 Å². The Hall–Kier alpha value is -0.570. The molecule has 0 atom stereocenters. The number of halogens is 1. The highest BCUT2D eigenvalue weighted by atomic mass is 79.9. The molecular weight excluding hydrogens is 182 g/mol. The van der Waals surface area contributed by atoms with E-state index in [-0.39, 0.29) is 0 Å². The van der Waals surface area contributed by atoms with Gasteiger partial charge >= 0.3 is 0 Å². The molecule has 9 heavy (non-hydrogen) atoms. The Balaban J connectivity index is 3.86. The summed E-state index contributed by atoms with van der Waals surface area (Å²) in [5.41, 5.74) is 4.82. The van der Waals surface area contributed by atoms with Crippen LogP contribution in [0.5, 0.6) is 0 Å². The molecule has 0 spiro atoms. The zero-order valence-electron chi connectivity index (χ0n) is 5.10. The molecule has 0 bridgehead atoms. The first kappa shape index (κ1) is 8.43. The predicted molar refractivity (Wildman–Crippen MR) is 41.0 cm³/mol. The molecule has 2 N–H and O–H groups in total. The van der Waals surface area contributed by atoms with Crippen LogP contribution in [0.4, 0.5) is 0 Å². The van der Waals surface area contributed by atoms with Crippen LogP contribution in [0.1, 0.15) is 6.92 Å². The fraction of sp³-hybridized carbons (Fsp3) is 0.167. The number of allylic oxidation sites excluding steroid dienone is 3. The Morgan fingerprint density at radius 3 is 2.44 bits per heavy atom. The SMILES string of the molecule is C/C=C(Br)/C=C/C(N)=O. The van der Waals surface area contributed by atoms with Gasteiger partial charge in [0, 0.05) is 10.6 Å². The summed E-state index contributed by atoms with van der Waals surface area (Å²) in [7, 11) is 0. The maximum absolute atomic E-state index is 10.1. The largest absolute Gasteiger partial charge is 0.366 e. The predicted octanol–water partition coefficient (Wildman–Crippen LogP) is 1.33. The fourth-order valence-corrected chi connectivity index (χ4v) is 0.390. The zero-order valence-corrected chi connectivity index (χ0v) is 6.68. The second-order valence-electron chi connectivity index (χ2n) is 1.41. The minimum Gasteiger partial charge on any atom is -0.366 e. The first-order valence-electron chi connectivity index (χ1n) is 2.46. The van der Waals surface area contributed by atoms with Gasteiger partial charge in [0.05, 0.1) is 0 Å². The zero-order chi connectivity index (χ0) is 7.28. The molecule has 0 rings (SSSR count). The molecule has 0 heterocycles. The molecule has 0 aliphatic rings.